The number of rotatable bonds is 4. The summed E-state index contributed by atoms with van der Waals surface area (Å²) in [5.41, 5.74) is 1.09. The second-order valence-corrected chi connectivity index (χ2v) is 6.84. The van der Waals surface area contributed by atoms with Crippen molar-refractivity contribution < 1.29 is 9.59 Å². The molecule has 0 aromatic carbocycles. The number of nitrogens with one attached hydrogen (secondary N) is 1. The van der Waals surface area contributed by atoms with Gasteiger partial charge in [0.15, 0.2) is 0 Å². The molecule has 2 amide bonds. The minimum Gasteiger partial charge on any atom is -0.351 e. The Hall–Kier alpha value is -1.32. The van der Waals surface area contributed by atoms with Crippen LogP contribution in [0.5, 0.6) is 0 Å². The third kappa shape index (κ3) is 4.99. The first-order valence-corrected chi connectivity index (χ1v) is 7.43. The molecule has 4 heteroatoms. The molecule has 1 fully saturated rings. The highest BCUT2D eigenvalue weighted by atomic mass is 16.2. The Kier molecular flexibility index (Phi) is 5.78. The van der Waals surface area contributed by atoms with Crippen LogP contribution in [0.2, 0.25) is 0 Å². The third-order valence-corrected chi connectivity index (χ3v) is 3.59. The third-order valence-electron chi connectivity index (χ3n) is 3.59. The van der Waals surface area contributed by atoms with E-state index in [9.17, 15) is 9.59 Å². The number of hydrogen-bond donors (Lipinski definition) is 1. The Labute approximate surface area is 122 Å². The zero-order valence-corrected chi connectivity index (χ0v) is 13.5. The summed E-state index contributed by atoms with van der Waals surface area (Å²) in [6.07, 6.45) is 4.16. The van der Waals surface area contributed by atoms with Crippen molar-refractivity contribution in [2.75, 3.05) is 13.1 Å². The number of carbonyl (C=O) groups excluding carboxylic acids is 2. The van der Waals surface area contributed by atoms with Gasteiger partial charge in [-0.15, -0.1) is 0 Å². The fourth-order valence-electron chi connectivity index (χ4n) is 2.34. The maximum Gasteiger partial charge on any atom is 0.243 e. The molecule has 0 aromatic rings. The van der Waals surface area contributed by atoms with E-state index in [1.165, 1.54) is 0 Å². The van der Waals surface area contributed by atoms with Crippen LogP contribution in [0.3, 0.4) is 0 Å². The van der Waals surface area contributed by atoms with E-state index in [0.29, 0.717) is 19.5 Å². The lowest BCUT2D eigenvalue weighted by atomic mass is 9.91. The Bertz CT molecular complexity index is 394. The van der Waals surface area contributed by atoms with E-state index in [0.717, 1.165) is 18.4 Å². The minimum absolute atomic E-state index is 0.0223. The van der Waals surface area contributed by atoms with Gasteiger partial charge >= 0.3 is 0 Å². The molecule has 1 atom stereocenters. The lowest BCUT2D eigenvalue weighted by molar-refractivity contribution is -0.139. The molecule has 0 aliphatic carbocycles. The van der Waals surface area contributed by atoms with Gasteiger partial charge < -0.3 is 10.2 Å². The topological polar surface area (TPSA) is 49.4 Å². The van der Waals surface area contributed by atoms with Crippen LogP contribution in [-0.2, 0) is 9.59 Å². The molecule has 1 unspecified atom stereocenters. The van der Waals surface area contributed by atoms with Crippen molar-refractivity contribution in [1.29, 1.82) is 0 Å². The van der Waals surface area contributed by atoms with Gasteiger partial charge in [-0.05, 0) is 32.1 Å². The number of hydrogen-bond acceptors (Lipinski definition) is 2. The van der Waals surface area contributed by atoms with Crippen molar-refractivity contribution in [3.05, 3.63) is 11.6 Å². The SMILES string of the molecule is C/C=C(\C)CNC(=O)C1CCCN1C(=O)CC(C)(C)C. The summed E-state index contributed by atoms with van der Waals surface area (Å²) in [6, 6.07) is -0.283. The van der Waals surface area contributed by atoms with Crippen LogP contribution in [-0.4, -0.2) is 35.8 Å². The second-order valence-electron chi connectivity index (χ2n) is 6.84. The van der Waals surface area contributed by atoms with Crippen LogP contribution in [0.25, 0.3) is 0 Å². The molecule has 1 saturated heterocycles. The summed E-state index contributed by atoms with van der Waals surface area (Å²) in [7, 11) is 0. The van der Waals surface area contributed by atoms with Crippen LogP contribution in [0, 0.1) is 5.41 Å². The van der Waals surface area contributed by atoms with Gasteiger partial charge in [-0.1, -0.05) is 32.4 Å². The number of carbonyl (C=O) groups is 2. The summed E-state index contributed by atoms with van der Waals surface area (Å²) >= 11 is 0. The van der Waals surface area contributed by atoms with E-state index in [-0.39, 0.29) is 23.3 Å². The van der Waals surface area contributed by atoms with E-state index < -0.39 is 0 Å². The number of amides is 2. The average Bonchev–Trinajstić information content (AvgIpc) is 2.82. The quantitative estimate of drug-likeness (QED) is 0.804. The molecular weight excluding hydrogens is 252 g/mol. The molecule has 1 N–H and O–H groups in total. The lowest BCUT2D eigenvalue weighted by Gasteiger charge is -2.27. The molecule has 0 bridgehead atoms. The molecular formula is C16H28N2O2. The predicted octanol–water partition coefficient (Wildman–Crippen LogP) is 2.50. The molecule has 1 heterocycles. The smallest absolute Gasteiger partial charge is 0.243 e. The van der Waals surface area contributed by atoms with Gasteiger partial charge in [0.05, 0.1) is 0 Å². The normalized spacial score (nSPS) is 20.1. The Balaban J connectivity index is 2.60. The highest BCUT2D eigenvalue weighted by Gasteiger charge is 2.34. The first-order chi connectivity index (χ1) is 9.24. The van der Waals surface area contributed by atoms with Crippen LogP contribution in [0.1, 0.15) is 53.9 Å². The van der Waals surface area contributed by atoms with Crippen LogP contribution in [0.15, 0.2) is 11.6 Å². The van der Waals surface area contributed by atoms with Gasteiger partial charge in [-0.3, -0.25) is 9.59 Å². The molecule has 0 saturated carbocycles. The summed E-state index contributed by atoms with van der Waals surface area (Å²) in [5.74, 6) is 0.0730. The summed E-state index contributed by atoms with van der Waals surface area (Å²) < 4.78 is 0. The fraction of sp³-hybridized carbons (Fsp3) is 0.750. The van der Waals surface area contributed by atoms with E-state index >= 15 is 0 Å². The van der Waals surface area contributed by atoms with Crippen molar-refractivity contribution in [2.45, 2.75) is 59.9 Å². The van der Waals surface area contributed by atoms with Gasteiger partial charge in [0.2, 0.25) is 11.8 Å². The molecule has 114 valence electrons. The Morgan fingerprint density at radius 3 is 2.55 bits per heavy atom. The largest absolute Gasteiger partial charge is 0.351 e. The van der Waals surface area contributed by atoms with E-state index in [1.54, 1.807) is 4.90 Å². The molecule has 0 radical (unpaired) electrons. The van der Waals surface area contributed by atoms with E-state index in [1.807, 2.05) is 40.7 Å². The van der Waals surface area contributed by atoms with Crippen molar-refractivity contribution in [1.82, 2.24) is 10.2 Å². The van der Waals surface area contributed by atoms with Crippen molar-refractivity contribution in [3.8, 4) is 0 Å². The molecule has 1 aliphatic heterocycles. The van der Waals surface area contributed by atoms with Crippen molar-refractivity contribution in [3.63, 3.8) is 0 Å². The maximum atomic E-state index is 12.3. The van der Waals surface area contributed by atoms with Gasteiger partial charge in [-0.2, -0.15) is 0 Å². The van der Waals surface area contributed by atoms with E-state index in [4.69, 9.17) is 0 Å². The molecule has 1 rings (SSSR count). The van der Waals surface area contributed by atoms with Gasteiger partial charge in [0.1, 0.15) is 6.04 Å². The Morgan fingerprint density at radius 2 is 2.00 bits per heavy atom. The Morgan fingerprint density at radius 1 is 1.35 bits per heavy atom. The van der Waals surface area contributed by atoms with Crippen LogP contribution >= 0.6 is 0 Å². The molecule has 0 aromatic heterocycles. The molecule has 20 heavy (non-hydrogen) atoms. The number of likely N-dealkylation sites (tertiary alicyclic amines) is 1. The van der Waals surface area contributed by atoms with Gasteiger partial charge in [-0.25, -0.2) is 0 Å². The minimum atomic E-state index is -0.283. The highest BCUT2D eigenvalue weighted by molar-refractivity contribution is 5.88. The number of allylic oxidation sites excluding steroid dienone is 1. The summed E-state index contributed by atoms with van der Waals surface area (Å²) in [6.45, 7) is 11.3. The lowest BCUT2D eigenvalue weighted by Crippen LogP contribution is -2.47. The molecule has 1 aliphatic rings. The molecule has 4 nitrogen and oxygen atoms in total. The maximum absolute atomic E-state index is 12.3. The van der Waals surface area contributed by atoms with E-state index in [2.05, 4.69) is 5.32 Å². The average molecular weight is 280 g/mol. The van der Waals surface area contributed by atoms with Crippen LogP contribution in [0.4, 0.5) is 0 Å². The van der Waals surface area contributed by atoms with Crippen molar-refractivity contribution in [2.24, 2.45) is 5.41 Å². The zero-order chi connectivity index (χ0) is 15.3. The van der Waals surface area contributed by atoms with Gasteiger partial charge in [0, 0.05) is 19.5 Å². The van der Waals surface area contributed by atoms with Crippen LogP contribution < -0.4 is 5.32 Å². The fourth-order valence-corrected chi connectivity index (χ4v) is 2.34. The first-order valence-electron chi connectivity index (χ1n) is 7.43. The summed E-state index contributed by atoms with van der Waals surface area (Å²) in [4.78, 5) is 26.3. The van der Waals surface area contributed by atoms with Gasteiger partial charge in [0.25, 0.3) is 0 Å². The standard InChI is InChI=1S/C16H28N2O2/c1-6-12(2)11-17-15(20)13-8-7-9-18(13)14(19)10-16(3,4)5/h6,13H,7-11H2,1-5H3,(H,17,20)/b12-6+. The highest BCUT2D eigenvalue weighted by Crippen LogP contribution is 2.24. The first kappa shape index (κ1) is 16.7. The predicted molar refractivity (Wildman–Crippen MR) is 81.2 cm³/mol. The second kappa shape index (κ2) is 6.91. The zero-order valence-electron chi connectivity index (χ0n) is 13.5. The monoisotopic (exact) mass is 280 g/mol. The summed E-state index contributed by atoms with van der Waals surface area (Å²) in [5, 5.41) is 2.92. The number of nitrogens with zero attached hydrogens (tertiary/aromatic N) is 1. The molecule has 0 spiro atoms. The van der Waals surface area contributed by atoms with Crippen molar-refractivity contribution >= 4 is 11.8 Å².